The Morgan fingerprint density at radius 3 is 2.65 bits per heavy atom. The number of carbonyl (C=O) groups is 1. The lowest BCUT2D eigenvalue weighted by Crippen LogP contribution is -2.26. The molecule has 1 atom stereocenters. The number of hydrogen-bond donors (Lipinski definition) is 2. The molecule has 3 rings (SSSR count). The number of amides is 1. The number of halogens is 1. The summed E-state index contributed by atoms with van der Waals surface area (Å²) >= 11 is 5.98. The van der Waals surface area contributed by atoms with E-state index in [9.17, 15) is 4.79 Å². The molecule has 2 N–H and O–H groups in total. The number of nitrogens with zero attached hydrogens (tertiary/aromatic N) is 1. The average molecular weight is 326 g/mol. The minimum Gasteiger partial charge on any atom is -0.344 e. The van der Waals surface area contributed by atoms with Crippen molar-refractivity contribution in [2.45, 2.75) is 13.0 Å². The number of rotatable bonds is 4. The third-order valence-corrected chi connectivity index (χ3v) is 3.82. The third-order valence-electron chi connectivity index (χ3n) is 3.59. The molecule has 0 saturated heterocycles. The van der Waals surface area contributed by atoms with E-state index in [4.69, 9.17) is 11.6 Å². The molecule has 4 nitrogen and oxygen atoms in total. The van der Waals surface area contributed by atoms with E-state index < -0.39 is 0 Å². The van der Waals surface area contributed by atoms with Gasteiger partial charge in [0.2, 0.25) is 0 Å². The molecule has 0 saturated carbocycles. The van der Waals surface area contributed by atoms with Crippen LogP contribution >= 0.6 is 11.6 Å². The highest BCUT2D eigenvalue weighted by atomic mass is 35.5. The monoisotopic (exact) mass is 325 g/mol. The van der Waals surface area contributed by atoms with Crippen molar-refractivity contribution in [2.24, 2.45) is 0 Å². The summed E-state index contributed by atoms with van der Waals surface area (Å²) in [5.41, 5.74) is 3.09. The van der Waals surface area contributed by atoms with Crippen molar-refractivity contribution < 1.29 is 4.79 Å². The summed E-state index contributed by atoms with van der Waals surface area (Å²) in [6, 6.07) is 18.8. The standard InChI is InChI=1S/C18H16ClN3O/c1-12(14-8-5-9-15(19)10-14)20-18(23)17-11-16(21-22-17)13-6-3-2-4-7-13/h2-12H,1H3,(H,20,23)(H,21,22)/t12-/m1/s1. The van der Waals surface area contributed by atoms with Crippen LogP contribution in [0.3, 0.4) is 0 Å². The molecule has 0 aliphatic rings. The number of aromatic nitrogens is 2. The van der Waals surface area contributed by atoms with Gasteiger partial charge in [-0.25, -0.2) is 0 Å². The van der Waals surface area contributed by atoms with Gasteiger partial charge in [-0.1, -0.05) is 54.1 Å². The molecule has 0 fully saturated rings. The molecule has 1 aromatic heterocycles. The highest BCUT2D eigenvalue weighted by Crippen LogP contribution is 2.19. The summed E-state index contributed by atoms with van der Waals surface area (Å²) in [6.07, 6.45) is 0. The van der Waals surface area contributed by atoms with Crippen LogP contribution in [0.4, 0.5) is 0 Å². The number of carbonyl (C=O) groups excluding carboxylic acids is 1. The fourth-order valence-corrected chi connectivity index (χ4v) is 2.53. The van der Waals surface area contributed by atoms with E-state index >= 15 is 0 Å². The van der Waals surface area contributed by atoms with Crippen LogP contribution in [0.15, 0.2) is 60.7 Å². The van der Waals surface area contributed by atoms with Crippen molar-refractivity contribution in [3.8, 4) is 11.3 Å². The predicted molar refractivity (Wildman–Crippen MR) is 91.4 cm³/mol. The molecule has 0 radical (unpaired) electrons. The molecule has 0 unspecified atom stereocenters. The maximum absolute atomic E-state index is 12.3. The van der Waals surface area contributed by atoms with Gasteiger partial charge in [0, 0.05) is 10.6 Å². The van der Waals surface area contributed by atoms with Gasteiger partial charge >= 0.3 is 0 Å². The van der Waals surface area contributed by atoms with Crippen molar-refractivity contribution in [1.29, 1.82) is 0 Å². The van der Waals surface area contributed by atoms with Crippen LogP contribution in [-0.4, -0.2) is 16.1 Å². The van der Waals surface area contributed by atoms with Crippen molar-refractivity contribution in [2.75, 3.05) is 0 Å². The number of hydrogen-bond acceptors (Lipinski definition) is 2. The first-order valence-corrected chi connectivity index (χ1v) is 7.68. The van der Waals surface area contributed by atoms with Gasteiger partial charge in [0.05, 0.1) is 11.7 Å². The summed E-state index contributed by atoms with van der Waals surface area (Å²) in [7, 11) is 0. The Hall–Kier alpha value is -2.59. The maximum Gasteiger partial charge on any atom is 0.269 e. The Labute approximate surface area is 139 Å². The van der Waals surface area contributed by atoms with Gasteiger partial charge in [0.15, 0.2) is 0 Å². The maximum atomic E-state index is 12.3. The van der Waals surface area contributed by atoms with Crippen LogP contribution in [0.2, 0.25) is 5.02 Å². The SMILES string of the molecule is C[C@@H](NC(=O)c1cc(-c2ccccc2)n[nH]1)c1cccc(Cl)c1. The molecule has 0 aliphatic carbocycles. The molecule has 1 heterocycles. The van der Waals surface area contributed by atoms with Crippen LogP contribution in [0.5, 0.6) is 0 Å². The van der Waals surface area contributed by atoms with Crippen molar-refractivity contribution in [3.05, 3.63) is 76.9 Å². The van der Waals surface area contributed by atoms with Gasteiger partial charge < -0.3 is 5.32 Å². The van der Waals surface area contributed by atoms with Gasteiger partial charge in [0.25, 0.3) is 5.91 Å². The van der Waals surface area contributed by atoms with Gasteiger partial charge in [-0.05, 0) is 30.7 Å². The van der Waals surface area contributed by atoms with Crippen LogP contribution in [-0.2, 0) is 0 Å². The quantitative estimate of drug-likeness (QED) is 0.754. The zero-order chi connectivity index (χ0) is 16.2. The molecule has 2 aromatic carbocycles. The van der Waals surface area contributed by atoms with Crippen LogP contribution in [0.1, 0.15) is 29.0 Å². The first-order valence-electron chi connectivity index (χ1n) is 7.30. The van der Waals surface area contributed by atoms with E-state index in [2.05, 4.69) is 15.5 Å². The molecule has 0 bridgehead atoms. The van der Waals surface area contributed by atoms with E-state index in [1.165, 1.54) is 0 Å². The van der Waals surface area contributed by atoms with Gasteiger partial charge in [0.1, 0.15) is 5.69 Å². The zero-order valence-corrected chi connectivity index (χ0v) is 13.3. The topological polar surface area (TPSA) is 57.8 Å². The van der Waals surface area contributed by atoms with Gasteiger partial charge in [-0.15, -0.1) is 0 Å². The zero-order valence-electron chi connectivity index (χ0n) is 12.6. The van der Waals surface area contributed by atoms with E-state index in [1.54, 1.807) is 12.1 Å². The van der Waals surface area contributed by atoms with Crippen molar-refractivity contribution in [1.82, 2.24) is 15.5 Å². The molecule has 116 valence electrons. The molecule has 23 heavy (non-hydrogen) atoms. The number of aromatic amines is 1. The summed E-state index contributed by atoms with van der Waals surface area (Å²) in [6.45, 7) is 1.91. The Kier molecular flexibility index (Phi) is 4.44. The summed E-state index contributed by atoms with van der Waals surface area (Å²) in [5, 5.41) is 10.6. The first-order chi connectivity index (χ1) is 11.1. The smallest absolute Gasteiger partial charge is 0.269 e. The number of H-pyrrole nitrogens is 1. The minimum absolute atomic E-state index is 0.148. The van der Waals surface area contributed by atoms with E-state index in [-0.39, 0.29) is 11.9 Å². The molecule has 1 amide bonds. The van der Waals surface area contributed by atoms with Gasteiger partial charge in [-0.3, -0.25) is 9.89 Å². The summed E-state index contributed by atoms with van der Waals surface area (Å²) in [4.78, 5) is 12.3. The lowest BCUT2D eigenvalue weighted by atomic mass is 10.1. The Balaban J connectivity index is 1.73. The lowest BCUT2D eigenvalue weighted by molar-refractivity contribution is 0.0935. The molecular formula is C18H16ClN3O. The van der Waals surface area contributed by atoms with Crippen molar-refractivity contribution >= 4 is 17.5 Å². The largest absolute Gasteiger partial charge is 0.344 e. The first kappa shape index (κ1) is 15.3. The lowest BCUT2D eigenvalue weighted by Gasteiger charge is -2.13. The molecule has 0 spiro atoms. The predicted octanol–water partition coefficient (Wildman–Crippen LogP) is 4.22. The molecular weight excluding hydrogens is 310 g/mol. The second kappa shape index (κ2) is 6.67. The highest BCUT2D eigenvalue weighted by Gasteiger charge is 2.14. The molecule has 3 aromatic rings. The van der Waals surface area contributed by atoms with E-state index in [0.717, 1.165) is 16.8 Å². The summed E-state index contributed by atoms with van der Waals surface area (Å²) in [5.74, 6) is -0.202. The average Bonchev–Trinajstić information content (AvgIpc) is 3.06. The third kappa shape index (κ3) is 3.60. The summed E-state index contributed by atoms with van der Waals surface area (Å²) < 4.78 is 0. The number of benzene rings is 2. The van der Waals surface area contributed by atoms with Crippen LogP contribution in [0, 0.1) is 0 Å². The Morgan fingerprint density at radius 1 is 1.13 bits per heavy atom. The second-order valence-electron chi connectivity index (χ2n) is 5.28. The Morgan fingerprint density at radius 2 is 1.91 bits per heavy atom. The van der Waals surface area contributed by atoms with Gasteiger partial charge in [-0.2, -0.15) is 5.10 Å². The minimum atomic E-state index is -0.202. The Bertz CT molecular complexity index is 814. The van der Waals surface area contributed by atoms with Crippen LogP contribution in [0.25, 0.3) is 11.3 Å². The van der Waals surface area contributed by atoms with Crippen LogP contribution < -0.4 is 5.32 Å². The normalized spacial score (nSPS) is 11.9. The fourth-order valence-electron chi connectivity index (χ4n) is 2.33. The highest BCUT2D eigenvalue weighted by molar-refractivity contribution is 6.30. The fraction of sp³-hybridized carbons (Fsp3) is 0.111. The number of nitrogens with one attached hydrogen (secondary N) is 2. The second-order valence-corrected chi connectivity index (χ2v) is 5.72. The molecule has 5 heteroatoms. The molecule has 0 aliphatic heterocycles. The van der Waals surface area contributed by atoms with E-state index in [0.29, 0.717) is 10.7 Å². The van der Waals surface area contributed by atoms with E-state index in [1.807, 2.05) is 55.5 Å². The van der Waals surface area contributed by atoms with Crippen molar-refractivity contribution in [3.63, 3.8) is 0 Å².